The van der Waals surface area contributed by atoms with Gasteiger partial charge in [-0.15, -0.1) is 0 Å². The van der Waals surface area contributed by atoms with Gasteiger partial charge in [-0.1, -0.05) is 30.3 Å². The van der Waals surface area contributed by atoms with Gasteiger partial charge in [-0.3, -0.25) is 10.5 Å². The number of aliphatic carboxylic acids is 1. The summed E-state index contributed by atoms with van der Waals surface area (Å²) in [5.41, 5.74) is 6.93. The van der Waals surface area contributed by atoms with Gasteiger partial charge in [0, 0.05) is 6.08 Å². The summed E-state index contributed by atoms with van der Waals surface area (Å²) in [5.74, 6) is -2.23. The Labute approximate surface area is 80.7 Å². The molecule has 0 heterocycles. The van der Waals surface area contributed by atoms with Crippen LogP contribution in [0.4, 0.5) is 0 Å². The van der Waals surface area contributed by atoms with E-state index in [-0.39, 0.29) is 5.57 Å². The first-order valence-corrected chi connectivity index (χ1v) is 3.87. The van der Waals surface area contributed by atoms with E-state index in [0.29, 0.717) is 5.56 Å². The molecule has 0 aliphatic carbocycles. The number of carboxylic acid groups (broad SMARTS) is 1. The molecular weight excluding hydrogens is 182 g/mol. The second-order valence-corrected chi connectivity index (χ2v) is 2.59. The van der Waals surface area contributed by atoms with Crippen LogP contribution in [0.15, 0.2) is 36.4 Å². The standard InChI is InChI=1S/C10H8NO3/c11-9(12)6-8(10(13)14)7-4-2-1-3-5-7/h1-6,11H,(H,13,14)/b8-6-. The molecule has 4 heteroatoms. The van der Waals surface area contributed by atoms with Gasteiger partial charge in [-0.05, 0) is 5.56 Å². The Morgan fingerprint density at radius 3 is 2.21 bits per heavy atom. The monoisotopic (exact) mass is 190 g/mol. The molecule has 14 heavy (non-hydrogen) atoms. The fourth-order valence-corrected chi connectivity index (χ4v) is 1.02. The van der Waals surface area contributed by atoms with E-state index in [1.165, 1.54) is 0 Å². The van der Waals surface area contributed by atoms with Crippen molar-refractivity contribution in [3.8, 4) is 0 Å². The van der Waals surface area contributed by atoms with Crippen LogP contribution in [0.1, 0.15) is 5.56 Å². The molecule has 0 aliphatic rings. The molecule has 0 atom stereocenters. The maximum absolute atomic E-state index is 10.7. The zero-order valence-electron chi connectivity index (χ0n) is 7.23. The summed E-state index contributed by atoms with van der Waals surface area (Å²) in [6.45, 7) is 0. The van der Waals surface area contributed by atoms with Crippen molar-refractivity contribution in [3.63, 3.8) is 0 Å². The van der Waals surface area contributed by atoms with E-state index in [1.54, 1.807) is 30.3 Å². The molecule has 1 rings (SSSR count). The number of hydrogen-bond donors (Lipinski definition) is 1. The molecule has 1 aromatic carbocycles. The molecule has 0 saturated heterocycles. The largest absolute Gasteiger partial charge is 0.478 e. The molecule has 2 N–H and O–H groups in total. The maximum atomic E-state index is 10.7. The molecule has 0 aliphatic heterocycles. The lowest BCUT2D eigenvalue weighted by atomic mass is 10.1. The zero-order valence-corrected chi connectivity index (χ0v) is 7.23. The average molecular weight is 190 g/mol. The first-order valence-electron chi connectivity index (χ1n) is 3.87. The van der Waals surface area contributed by atoms with Crippen molar-refractivity contribution in [2.45, 2.75) is 0 Å². The summed E-state index contributed by atoms with van der Waals surface area (Å²) in [7, 11) is 0. The molecule has 0 spiro atoms. The zero-order chi connectivity index (χ0) is 10.6. The summed E-state index contributed by atoms with van der Waals surface area (Å²) in [5, 5.41) is 8.77. The van der Waals surface area contributed by atoms with Crippen molar-refractivity contribution < 1.29 is 14.7 Å². The third kappa shape index (κ3) is 2.45. The van der Waals surface area contributed by atoms with Gasteiger partial charge in [0.05, 0.1) is 5.57 Å². The van der Waals surface area contributed by atoms with Crippen molar-refractivity contribution in [3.05, 3.63) is 42.0 Å². The minimum atomic E-state index is -1.21. The van der Waals surface area contributed by atoms with Crippen molar-refractivity contribution in [2.24, 2.45) is 0 Å². The van der Waals surface area contributed by atoms with Gasteiger partial charge < -0.3 is 5.11 Å². The summed E-state index contributed by atoms with van der Waals surface area (Å²) >= 11 is 0. The number of carbonyl (C=O) groups excluding carboxylic acids is 1. The lowest BCUT2D eigenvalue weighted by molar-refractivity contribution is -0.130. The van der Waals surface area contributed by atoms with Gasteiger partial charge in [0.25, 0.3) is 5.91 Å². The molecule has 1 aromatic rings. The lowest BCUT2D eigenvalue weighted by Crippen LogP contribution is -2.03. The van der Waals surface area contributed by atoms with Crippen LogP contribution in [0.3, 0.4) is 0 Å². The Morgan fingerprint density at radius 2 is 1.79 bits per heavy atom. The lowest BCUT2D eigenvalue weighted by Gasteiger charge is -2.00. The van der Waals surface area contributed by atoms with Crippen LogP contribution in [0.25, 0.3) is 5.57 Å². The van der Waals surface area contributed by atoms with E-state index in [2.05, 4.69) is 0 Å². The van der Waals surface area contributed by atoms with E-state index in [1.807, 2.05) is 0 Å². The molecule has 1 amide bonds. The van der Waals surface area contributed by atoms with Crippen LogP contribution in [0.5, 0.6) is 0 Å². The molecule has 0 aromatic heterocycles. The van der Waals surface area contributed by atoms with Crippen molar-refractivity contribution in [1.82, 2.24) is 5.73 Å². The molecular formula is C10H8NO3. The number of hydrogen-bond acceptors (Lipinski definition) is 2. The minimum Gasteiger partial charge on any atom is -0.478 e. The van der Waals surface area contributed by atoms with Crippen LogP contribution in [0, 0.1) is 0 Å². The summed E-state index contributed by atoms with van der Waals surface area (Å²) < 4.78 is 0. The molecule has 4 nitrogen and oxygen atoms in total. The highest BCUT2D eigenvalue weighted by Gasteiger charge is 2.10. The van der Waals surface area contributed by atoms with E-state index in [4.69, 9.17) is 10.8 Å². The number of benzene rings is 1. The van der Waals surface area contributed by atoms with Crippen molar-refractivity contribution in [1.29, 1.82) is 0 Å². The maximum Gasteiger partial charge on any atom is 0.336 e. The Kier molecular flexibility index (Phi) is 3.01. The van der Waals surface area contributed by atoms with Gasteiger partial charge in [-0.25, -0.2) is 4.79 Å². The van der Waals surface area contributed by atoms with Crippen molar-refractivity contribution in [2.75, 3.05) is 0 Å². The number of rotatable bonds is 3. The number of carbonyl (C=O) groups is 2. The predicted octanol–water partition coefficient (Wildman–Crippen LogP) is 0.964. The Hall–Kier alpha value is -2.10. The first-order chi connectivity index (χ1) is 6.61. The number of amides is 1. The average Bonchev–Trinajstić information content (AvgIpc) is 2.15. The van der Waals surface area contributed by atoms with Crippen LogP contribution in [-0.4, -0.2) is 17.0 Å². The normalized spacial score (nSPS) is 11.0. The quantitative estimate of drug-likeness (QED) is 0.721. The van der Waals surface area contributed by atoms with E-state index < -0.39 is 11.9 Å². The van der Waals surface area contributed by atoms with Gasteiger partial charge in [-0.2, -0.15) is 0 Å². The highest BCUT2D eigenvalue weighted by molar-refractivity contribution is 6.19. The molecule has 0 fully saturated rings. The first kappa shape index (κ1) is 9.98. The predicted molar refractivity (Wildman–Crippen MR) is 50.2 cm³/mol. The third-order valence-electron chi connectivity index (χ3n) is 1.59. The van der Waals surface area contributed by atoms with Gasteiger partial charge in [0.2, 0.25) is 0 Å². The van der Waals surface area contributed by atoms with Crippen LogP contribution in [0.2, 0.25) is 0 Å². The highest BCUT2D eigenvalue weighted by Crippen LogP contribution is 2.13. The van der Waals surface area contributed by atoms with E-state index in [9.17, 15) is 9.59 Å². The second kappa shape index (κ2) is 4.23. The summed E-state index contributed by atoms with van der Waals surface area (Å²) in [6.07, 6.45) is 0.789. The SMILES string of the molecule is [NH]C(=O)/C=C(\C(=O)O)c1ccccc1. The third-order valence-corrected chi connectivity index (χ3v) is 1.59. The van der Waals surface area contributed by atoms with Crippen molar-refractivity contribution >= 4 is 17.4 Å². The van der Waals surface area contributed by atoms with E-state index >= 15 is 0 Å². The number of carboxylic acids is 1. The van der Waals surface area contributed by atoms with Crippen LogP contribution in [-0.2, 0) is 9.59 Å². The van der Waals surface area contributed by atoms with E-state index in [0.717, 1.165) is 6.08 Å². The Bertz CT molecular complexity index is 382. The van der Waals surface area contributed by atoms with Crippen LogP contribution < -0.4 is 5.73 Å². The van der Waals surface area contributed by atoms with Gasteiger partial charge in [0.1, 0.15) is 0 Å². The second-order valence-electron chi connectivity index (χ2n) is 2.59. The Morgan fingerprint density at radius 1 is 1.21 bits per heavy atom. The Balaban J connectivity index is 3.14. The highest BCUT2D eigenvalue weighted by atomic mass is 16.4. The summed E-state index contributed by atoms with van der Waals surface area (Å²) in [6, 6.07) is 8.22. The molecule has 1 radical (unpaired) electrons. The van der Waals surface area contributed by atoms with Crippen LogP contribution >= 0.6 is 0 Å². The summed E-state index contributed by atoms with van der Waals surface area (Å²) in [4.78, 5) is 21.2. The molecule has 0 unspecified atom stereocenters. The molecule has 0 bridgehead atoms. The molecule has 0 saturated carbocycles. The smallest absolute Gasteiger partial charge is 0.336 e. The minimum absolute atomic E-state index is 0.161. The topological polar surface area (TPSA) is 78.2 Å². The van der Waals surface area contributed by atoms with Gasteiger partial charge in [0.15, 0.2) is 0 Å². The molecule has 71 valence electrons. The fourth-order valence-electron chi connectivity index (χ4n) is 1.02. The fraction of sp³-hybridized carbons (Fsp3) is 0. The van der Waals surface area contributed by atoms with Gasteiger partial charge >= 0.3 is 5.97 Å². The number of nitrogens with one attached hydrogen (secondary N) is 1.